The number of pyridine rings is 4. The molecule has 6 aromatic carbocycles. The van der Waals surface area contributed by atoms with Gasteiger partial charge >= 0.3 is 0 Å². The highest BCUT2D eigenvalue weighted by Crippen LogP contribution is 2.42. The van der Waals surface area contributed by atoms with Crippen molar-refractivity contribution in [1.82, 2.24) is 13.5 Å². The molecule has 0 saturated carbocycles. The zero-order chi connectivity index (χ0) is 57.8. The SMILES string of the molecule is C=CCC(CCc1c[n+]2c3ccc(CC(C)(C)C)cc3c3cccc4c3c2n1C4)C[C@@](C)(/C=C/Cc1c[n+]2c3ccc(CC(C)(C)C)cc3c3cccc4c3c2n1C4)CCc1c[n+]2c3ccc(CC(C)(C)C)cc3c3cccc4ccn1c2c43. The van der Waals surface area contributed by atoms with E-state index in [0.29, 0.717) is 5.92 Å². The largest absolute Gasteiger partial charge is 0.300 e. The Morgan fingerprint density at radius 3 is 1.54 bits per heavy atom. The molecule has 7 aromatic heterocycles. The van der Waals surface area contributed by atoms with Gasteiger partial charge in [0.25, 0.3) is 16.9 Å². The van der Waals surface area contributed by atoms with Crippen molar-refractivity contribution in [2.24, 2.45) is 27.6 Å². The summed E-state index contributed by atoms with van der Waals surface area (Å²) < 4.78 is 15.3. The average Bonchev–Trinajstić information content (AvgIpc) is 2.71. The lowest BCUT2D eigenvalue weighted by molar-refractivity contribution is -0.479. The van der Waals surface area contributed by atoms with Gasteiger partial charge in [-0.2, -0.15) is 17.6 Å². The standard InChI is InChI=1S/C78H83N6/c1-12-17-50(25-29-58-48-84-68-32-28-53(43-77(8,9)10)40-65(68)62-24-15-20-56-46-81(58)74(84)71(56)62)44-78(11,35-16-21-57-47-83-67-31-27-52(42-76(5,6)7)39-64(67)61-23-14-19-55-45-80(57)73(83)70(55)61)36-33-59-49-82-66-30-26-51(41-75(2,3)4)38-63(66)60-22-13-18-54-34-37-79(59)72(82)69(54)60/h12-16,18-20,22-24,26-28,30-32,34-35,37-40,47-50H,1,17,21,25,29,33,36,41-46H2,2-11H3/q+3/b35-16+/t50?,78-/m0/s1. The summed E-state index contributed by atoms with van der Waals surface area (Å²) in [4.78, 5) is 0. The van der Waals surface area contributed by atoms with Crippen LogP contribution in [0.25, 0.3) is 87.4 Å². The molecule has 1 unspecified atom stereocenters. The number of nitrogens with zero attached hydrogens (tertiary/aromatic N) is 6. The van der Waals surface area contributed by atoms with Crippen molar-refractivity contribution in [2.45, 2.75) is 147 Å². The van der Waals surface area contributed by atoms with Gasteiger partial charge < -0.3 is 0 Å². The highest BCUT2D eigenvalue weighted by molar-refractivity contribution is 6.17. The summed E-state index contributed by atoms with van der Waals surface area (Å²) >= 11 is 0. The maximum atomic E-state index is 4.42. The summed E-state index contributed by atoms with van der Waals surface area (Å²) in [6, 6.07) is 44.9. The summed E-state index contributed by atoms with van der Waals surface area (Å²) in [5.74, 6) is 0.451. The second-order valence-electron chi connectivity index (χ2n) is 29.9. The quantitative estimate of drug-likeness (QED) is 0.0399. The van der Waals surface area contributed by atoms with Crippen LogP contribution >= 0.6 is 0 Å². The molecule has 6 heteroatoms. The van der Waals surface area contributed by atoms with E-state index in [2.05, 4.69) is 261 Å². The van der Waals surface area contributed by atoms with Crippen LogP contribution in [0.2, 0.25) is 0 Å². The van der Waals surface area contributed by atoms with Gasteiger partial charge in [0.2, 0.25) is 0 Å². The molecule has 0 aliphatic carbocycles. The Morgan fingerprint density at radius 2 is 1.00 bits per heavy atom. The average molecular weight is 1100 g/mol. The van der Waals surface area contributed by atoms with E-state index in [9.17, 15) is 0 Å². The van der Waals surface area contributed by atoms with E-state index in [4.69, 9.17) is 0 Å². The topological polar surface area (TPSA) is 26.6 Å². The fraction of sp³-hybridized carbons (Fsp3) is 0.346. The highest BCUT2D eigenvalue weighted by Gasteiger charge is 2.35. The fourth-order valence-corrected chi connectivity index (χ4v) is 16.0. The number of fused-ring (bicyclic) bond motifs is 9. The highest BCUT2D eigenvalue weighted by atomic mass is 15.1. The van der Waals surface area contributed by atoms with Crippen molar-refractivity contribution in [3.63, 3.8) is 0 Å². The molecule has 0 bridgehead atoms. The third kappa shape index (κ3) is 8.90. The minimum atomic E-state index is -0.0973. The number of aromatic nitrogens is 6. The van der Waals surface area contributed by atoms with Crippen LogP contribution < -0.4 is 13.2 Å². The van der Waals surface area contributed by atoms with Gasteiger partial charge in [-0.3, -0.25) is 0 Å². The van der Waals surface area contributed by atoms with Crippen molar-refractivity contribution in [3.05, 3.63) is 210 Å². The van der Waals surface area contributed by atoms with Crippen LogP contribution in [0, 0.1) is 27.6 Å². The van der Waals surface area contributed by atoms with Crippen LogP contribution in [0.5, 0.6) is 0 Å². The number of allylic oxidation sites excluding steroid dienone is 3. The van der Waals surface area contributed by atoms with Crippen molar-refractivity contribution in [2.75, 3.05) is 0 Å². The van der Waals surface area contributed by atoms with Gasteiger partial charge in [-0.15, -0.1) is 6.58 Å². The summed E-state index contributed by atoms with van der Waals surface area (Å²) in [5, 5.41) is 13.7. The molecule has 422 valence electrons. The summed E-state index contributed by atoms with van der Waals surface area (Å²) in [6.45, 7) is 29.9. The lowest BCUT2D eigenvalue weighted by Gasteiger charge is -2.30. The first kappa shape index (κ1) is 52.9. The Labute approximate surface area is 495 Å². The monoisotopic (exact) mass is 1100 g/mol. The molecule has 9 heterocycles. The summed E-state index contributed by atoms with van der Waals surface area (Å²) in [5.41, 5.74) is 19.7. The predicted octanol–water partition coefficient (Wildman–Crippen LogP) is 17.6. The second kappa shape index (κ2) is 19.1. The minimum absolute atomic E-state index is 0.0973. The number of hydrogen-bond acceptors (Lipinski definition) is 0. The van der Waals surface area contributed by atoms with Crippen LogP contribution in [-0.4, -0.2) is 13.5 Å². The van der Waals surface area contributed by atoms with Gasteiger partial charge in [0.1, 0.15) is 65.3 Å². The molecule has 2 aliphatic rings. The fourth-order valence-electron chi connectivity index (χ4n) is 16.0. The van der Waals surface area contributed by atoms with Crippen molar-refractivity contribution in [1.29, 1.82) is 0 Å². The molecule has 2 atom stereocenters. The van der Waals surface area contributed by atoms with E-state index >= 15 is 0 Å². The Kier molecular flexibility index (Phi) is 12.0. The third-order valence-corrected chi connectivity index (χ3v) is 19.3. The molecule has 0 radical (unpaired) electrons. The number of hydrogen-bond donors (Lipinski definition) is 0. The smallest absolute Gasteiger partial charge is 0.222 e. The molecule has 84 heavy (non-hydrogen) atoms. The molecular formula is C78H83N6+3. The van der Waals surface area contributed by atoms with Gasteiger partial charge in [-0.1, -0.05) is 160 Å². The van der Waals surface area contributed by atoms with Crippen molar-refractivity contribution < 1.29 is 13.2 Å². The first-order valence-electron chi connectivity index (χ1n) is 31.5. The molecule has 6 nitrogen and oxygen atoms in total. The van der Waals surface area contributed by atoms with Gasteiger partial charge in [0, 0.05) is 62.7 Å². The molecule has 0 N–H and O–H groups in total. The van der Waals surface area contributed by atoms with Crippen LogP contribution in [0.3, 0.4) is 0 Å². The van der Waals surface area contributed by atoms with E-state index in [1.54, 1.807) is 0 Å². The Balaban J connectivity index is 0.792. The van der Waals surface area contributed by atoms with Gasteiger partial charge in [-0.25, -0.2) is 9.13 Å². The molecule has 0 fully saturated rings. The Bertz CT molecular complexity index is 4900. The van der Waals surface area contributed by atoms with Crippen molar-refractivity contribution >= 4 is 87.4 Å². The number of imidazole rings is 3. The summed E-state index contributed by atoms with van der Waals surface area (Å²) in [7, 11) is 0. The first-order valence-corrected chi connectivity index (χ1v) is 31.5. The van der Waals surface area contributed by atoms with Crippen LogP contribution in [0.4, 0.5) is 0 Å². The Hall–Kier alpha value is -7.83. The van der Waals surface area contributed by atoms with Gasteiger partial charge in [0.15, 0.2) is 0 Å². The van der Waals surface area contributed by atoms with Crippen molar-refractivity contribution in [3.8, 4) is 0 Å². The van der Waals surface area contributed by atoms with Gasteiger partial charge in [0.05, 0.1) is 22.4 Å². The first-order chi connectivity index (χ1) is 40.3. The molecular weight excluding hydrogens is 1020 g/mol. The number of aryl methyl sites for hydroxylation is 2. The second-order valence-corrected chi connectivity index (χ2v) is 29.9. The van der Waals surface area contributed by atoms with E-state index in [1.807, 2.05) is 0 Å². The van der Waals surface area contributed by atoms with E-state index < -0.39 is 0 Å². The molecule has 0 spiro atoms. The molecule has 13 aromatic rings. The zero-order valence-corrected chi connectivity index (χ0v) is 51.5. The molecule has 0 saturated heterocycles. The summed E-state index contributed by atoms with van der Waals surface area (Å²) in [6.07, 6.45) is 27.3. The minimum Gasteiger partial charge on any atom is -0.222 e. The third-order valence-electron chi connectivity index (χ3n) is 19.3. The van der Waals surface area contributed by atoms with Crippen LogP contribution in [-0.2, 0) is 51.6 Å². The molecule has 2 aliphatic heterocycles. The van der Waals surface area contributed by atoms with Crippen LogP contribution in [0.15, 0.2) is 165 Å². The number of rotatable bonds is 16. The van der Waals surface area contributed by atoms with E-state index in [1.165, 1.54) is 132 Å². The molecule has 0 amide bonds. The number of benzene rings is 6. The maximum Gasteiger partial charge on any atom is 0.300 e. The van der Waals surface area contributed by atoms with E-state index in [0.717, 1.165) is 77.3 Å². The van der Waals surface area contributed by atoms with E-state index in [-0.39, 0.29) is 21.7 Å². The normalized spacial score (nSPS) is 15.0. The Morgan fingerprint density at radius 1 is 0.512 bits per heavy atom. The predicted molar refractivity (Wildman–Crippen MR) is 350 cm³/mol. The zero-order valence-electron chi connectivity index (χ0n) is 51.5. The maximum absolute atomic E-state index is 4.42. The molecule has 15 rings (SSSR count). The lowest BCUT2D eigenvalue weighted by atomic mass is 9.74. The van der Waals surface area contributed by atoms with Crippen LogP contribution in [0.1, 0.15) is 140 Å². The lowest BCUT2D eigenvalue weighted by Crippen LogP contribution is -2.22. The van der Waals surface area contributed by atoms with Gasteiger partial charge in [-0.05, 0) is 137 Å².